The van der Waals surface area contributed by atoms with Gasteiger partial charge in [-0.3, -0.25) is 9.80 Å². The molecule has 1 aromatic rings. The summed E-state index contributed by atoms with van der Waals surface area (Å²) in [6, 6.07) is 8.10. The average Bonchev–Trinajstić information content (AvgIpc) is 2.66. The molecule has 0 amide bonds. The lowest BCUT2D eigenvalue weighted by Gasteiger charge is -2.52. The van der Waals surface area contributed by atoms with Crippen LogP contribution in [0.25, 0.3) is 6.08 Å². The Morgan fingerprint density at radius 3 is 2.44 bits per heavy atom. The Bertz CT molecular complexity index is 623. The molecule has 1 atom stereocenters. The van der Waals surface area contributed by atoms with E-state index in [1.54, 1.807) is 7.11 Å². The molecule has 3 rings (SSSR count). The van der Waals surface area contributed by atoms with Gasteiger partial charge in [-0.2, -0.15) is 0 Å². The highest BCUT2D eigenvalue weighted by Gasteiger charge is 2.48. The van der Waals surface area contributed by atoms with Gasteiger partial charge in [-0.05, 0) is 24.1 Å². The Morgan fingerprint density at radius 1 is 1.11 bits per heavy atom. The maximum Gasteiger partial charge on any atom is 0.118 e. The number of rotatable bonds is 6. The summed E-state index contributed by atoms with van der Waals surface area (Å²) >= 11 is 0. The summed E-state index contributed by atoms with van der Waals surface area (Å²) in [5.41, 5.74) is 0.397. The van der Waals surface area contributed by atoms with E-state index in [2.05, 4.69) is 47.9 Å². The monoisotopic (exact) mass is 374 g/mol. The first-order chi connectivity index (χ1) is 12.9. The Morgan fingerprint density at radius 2 is 1.81 bits per heavy atom. The number of ether oxygens (including phenoxy) is 2. The number of piperidine rings is 1. The third-order valence-electron chi connectivity index (χ3n) is 6.10. The van der Waals surface area contributed by atoms with Gasteiger partial charge in [0.1, 0.15) is 5.75 Å². The van der Waals surface area contributed by atoms with Gasteiger partial charge in [0.15, 0.2) is 0 Å². The second-order valence-electron chi connectivity index (χ2n) is 8.46. The van der Waals surface area contributed by atoms with Gasteiger partial charge in [0.2, 0.25) is 0 Å². The molecule has 2 saturated heterocycles. The van der Waals surface area contributed by atoms with Crippen molar-refractivity contribution in [1.82, 2.24) is 9.80 Å². The zero-order valence-electron chi connectivity index (χ0n) is 17.0. The summed E-state index contributed by atoms with van der Waals surface area (Å²) in [6.07, 6.45) is 5.18. The van der Waals surface area contributed by atoms with Crippen molar-refractivity contribution in [2.75, 3.05) is 59.6 Å². The van der Waals surface area contributed by atoms with Gasteiger partial charge in [0.05, 0.1) is 25.9 Å². The molecule has 150 valence electrons. The zero-order valence-corrected chi connectivity index (χ0v) is 17.0. The molecule has 0 aromatic heterocycles. The third kappa shape index (κ3) is 5.11. The predicted molar refractivity (Wildman–Crippen MR) is 109 cm³/mol. The minimum absolute atomic E-state index is 0.141. The lowest BCUT2D eigenvalue weighted by Crippen LogP contribution is -2.62. The number of likely N-dealkylation sites (tertiary alicyclic amines) is 1. The Balaban J connectivity index is 1.53. The standard InChI is InChI=1S/C22H34N2O3/c1-21(2)17-23(11-4-5-19-6-8-20(26-3)9-7-19)12-10-22(21,25)18-24-13-15-27-16-14-24/h4-9,25H,10-18H2,1-3H3. The summed E-state index contributed by atoms with van der Waals surface area (Å²) < 4.78 is 10.6. The molecule has 1 aromatic carbocycles. The highest BCUT2D eigenvalue weighted by Crippen LogP contribution is 2.39. The molecule has 1 unspecified atom stereocenters. The van der Waals surface area contributed by atoms with Gasteiger partial charge < -0.3 is 14.6 Å². The van der Waals surface area contributed by atoms with E-state index in [1.807, 2.05) is 12.1 Å². The van der Waals surface area contributed by atoms with Crippen molar-refractivity contribution < 1.29 is 14.6 Å². The number of hydrogen-bond donors (Lipinski definition) is 1. The van der Waals surface area contributed by atoms with E-state index >= 15 is 0 Å². The van der Waals surface area contributed by atoms with E-state index < -0.39 is 5.60 Å². The van der Waals surface area contributed by atoms with Crippen LogP contribution in [0.2, 0.25) is 0 Å². The van der Waals surface area contributed by atoms with Crippen LogP contribution in [0.4, 0.5) is 0 Å². The SMILES string of the molecule is COc1ccc(C=CCN2CCC(O)(CN3CCOCC3)C(C)(C)C2)cc1. The van der Waals surface area contributed by atoms with Gasteiger partial charge in [-0.1, -0.05) is 38.1 Å². The molecular formula is C22H34N2O3. The van der Waals surface area contributed by atoms with Crippen molar-refractivity contribution in [1.29, 1.82) is 0 Å². The minimum atomic E-state index is -0.638. The van der Waals surface area contributed by atoms with E-state index in [1.165, 1.54) is 5.56 Å². The maximum absolute atomic E-state index is 11.4. The number of nitrogens with zero attached hydrogens (tertiary/aromatic N) is 2. The fourth-order valence-corrected chi connectivity index (χ4v) is 4.10. The number of methoxy groups -OCH3 is 1. The van der Waals surface area contributed by atoms with Crippen molar-refractivity contribution in [3.05, 3.63) is 35.9 Å². The molecule has 5 heteroatoms. The number of morpholine rings is 1. The van der Waals surface area contributed by atoms with Crippen LogP contribution in [0.15, 0.2) is 30.3 Å². The smallest absolute Gasteiger partial charge is 0.118 e. The van der Waals surface area contributed by atoms with Gasteiger partial charge in [0, 0.05) is 44.7 Å². The van der Waals surface area contributed by atoms with Crippen LogP contribution in [0.3, 0.4) is 0 Å². The summed E-state index contributed by atoms with van der Waals surface area (Å²) in [4.78, 5) is 4.79. The highest BCUT2D eigenvalue weighted by atomic mass is 16.5. The lowest BCUT2D eigenvalue weighted by atomic mass is 9.69. The van der Waals surface area contributed by atoms with E-state index in [0.29, 0.717) is 0 Å². The molecule has 2 heterocycles. The van der Waals surface area contributed by atoms with E-state index in [-0.39, 0.29) is 5.41 Å². The van der Waals surface area contributed by atoms with Crippen LogP contribution in [-0.2, 0) is 4.74 Å². The van der Waals surface area contributed by atoms with Crippen LogP contribution in [0.1, 0.15) is 25.8 Å². The van der Waals surface area contributed by atoms with Crippen molar-refractivity contribution in [2.45, 2.75) is 25.9 Å². The molecule has 27 heavy (non-hydrogen) atoms. The maximum atomic E-state index is 11.4. The third-order valence-corrected chi connectivity index (χ3v) is 6.10. The van der Waals surface area contributed by atoms with E-state index in [9.17, 15) is 5.11 Å². The molecule has 1 N–H and O–H groups in total. The summed E-state index contributed by atoms with van der Waals surface area (Å²) in [5, 5.41) is 11.4. The second-order valence-corrected chi connectivity index (χ2v) is 8.46. The molecule has 2 fully saturated rings. The van der Waals surface area contributed by atoms with Crippen LogP contribution >= 0.6 is 0 Å². The number of hydrogen-bond acceptors (Lipinski definition) is 5. The molecule has 2 aliphatic heterocycles. The first-order valence-corrected chi connectivity index (χ1v) is 9.97. The average molecular weight is 375 g/mol. The van der Waals surface area contributed by atoms with Crippen molar-refractivity contribution in [3.63, 3.8) is 0 Å². The molecule has 5 nitrogen and oxygen atoms in total. The minimum Gasteiger partial charge on any atom is -0.497 e. The van der Waals surface area contributed by atoms with Crippen molar-refractivity contribution >= 4 is 6.08 Å². The lowest BCUT2D eigenvalue weighted by molar-refractivity contribution is -0.138. The van der Waals surface area contributed by atoms with Crippen LogP contribution < -0.4 is 4.74 Å². The molecule has 0 bridgehead atoms. The zero-order chi connectivity index (χ0) is 19.3. The Labute approximate surface area is 163 Å². The molecule has 0 aliphatic carbocycles. The molecule has 0 radical (unpaired) electrons. The van der Waals surface area contributed by atoms with Crippen LogP contribution in [-0.4, -0.2) is 80.1 Å². The molecule has 0 spiro atoms. The first-order valence-electron chi connectivity index (χ1n) is 9.97. The van der Waals surface area contributed by atoms with Crippen LogP contribution in [0.5, 0.6) is 5.75 Å². The Kier molecular flexibility index (Phi) is 6.58. The van der Waals surface area contributed by atoms with Crippen LogP contribution in [0, 0.1) is 5.41 Å². The topological polar surface area (TPSA) is 45.2 Å². The van der Waals surface area contributed by atoms with E-state index in [4.69, 9.17) is 9.47 Å². The van der Waals surface area contributed by atoms with Gasteiger partial charge in [0.25, 0.3) is 0 Å². The first kappa shape index (κ1) is 20.3. The fourth-order valence-electron chi connectivity index (χ4n) is 4.10. The molecule has 2 aliphatic rings. The predicted octanol–water partition coefficient (Wildman–Crippen LogP) is 2.50. The number of benzene rings is 1. The molecule has 0 saturated carbocycles. The number of aliphatic hydroxyl groups is 1. The largest absolute Gasteiger partial charge is 0.497 e. The highest BCUT2D eigenvalue weighted by molar-refractivity contribution is 5.50. The van der Waals surface area contributed by atoms with Gasteiger partial charge in [-0.15, -0.1) is 0 Å². The summed E-state index contributed by atoms with van der Waals surface area (Å²) in [7, 11) is 1.68. The summed E-state index contributed by atoms with van der Waals surface area (Å²) in [5.74, 6) is 0.879. The summed E-state index contributed by atoms with van der Waals surface area (Å²) in [6.45, 7) is 11.3. The normalized spacial score (nSPS) is 27.1. The van der Waals surface area contributed by atoms with E-state index in [0.717, 1.165) is 64.7 Å². The quantitative estimate of drug-likeness (QED) is 0.829. The molecular weight excluding hydrogens is 340 g/mol. The van der Waals surface area contributed by atoms with Crippen molar-refractivity contribution in [2.24, 2.45) is 5.41 Å². The van der Waals surface area contributed by atoms with Crippen molar-refractivity contribution in [3.8, 4) is 5.75 Å². The van der Waals surface area contributed by atoms with Gasteiger partial charge >= 0.3 is 0 Å². The Hall–Kier alpha value is -1.40. The van der Waals surface area contributed by atoms with Gasteiger partial charge in [-0.25, -0.2) is 0 Å². The number of β-amino-alcohol motifs (C(OH)–C–C–N with tert-alkyl or cyclic N) is 1. The fraction of sp³-hybridized carbons (Fsp3) is 0.636. The second kappa shape index (κ2) is 8.74.